The SMILES string of the molecule is O=S(=O)(c1ccccc1)N1CCN(c2cc(C(F)(F)F)nc3ccccc23)CC1. The summed E-state index contributed by atoms with van der Waals surface area (Å²) in [4.78, 5) is 5.74. The minimum Gasteiger partial charge on any atom is -0.368 e. The van der Waals surface area contributed by atoms with Gasteiger partial charge in [-0.25, -0.2) is 13.4 Å². The summed E-state index contributed by atoms with van der Waals surface area (Å²) in [5.41, 5.74) is -0.276. The molecule has 0 amide bonds. The zero-order valence-electron chi connectivity index (χ0n) is 15.3. The van der Waals surface area contributed by atoms with Crippen molar-refractivity contribution in [3.63, 3.8) is 0 Å². The van der Waals surface area contributed by atoms with E-state index in [4.69, 9.17) is 0 Å². The average Bonchev–Trinajstić information content (AvgIpc) is 2.73. The Bertz CT molecular complexity index is 1130. The number of piperazine rings is 1. The normalized spacial score (nSPS) is 16.3. The van der Waals surface area contributed by atoms with Gasteiger partial charge in [-0.2, -0.15) is 17.5 Å². The fourth-order valence-corrected chi connectivity index (χ4v) is 4.92. The van der Waals surface area contributed by atoms with E-state index in [1.54, 1.807) is 47.4 Å². The Morgan fingerprint density at radius 3 is 2.14 bits per heavy atom. The van der Waals surface area contributed by atoms with Crippen LogP contribution in [0, 0.1) is 0 Å². The Labute approximate surface area is 166 Å². The Morgan fingerprint density at radius 2 is 1.48 bits per heavy atom. The third-order valence-electron chi connectivity index (χ3n) is 4.95. The summed E-state index contributed by atoms with van der Waals surface area (Å²) >= 11 is 0. The van der Waals surface area contributed by atoms with Gasteiger partial charge in [0.2, 0.25) is 10.0 Å². The number of anilines is 1. The topological polar surface area (TPSA) is 53.5 Å². The van der Waals surface area contributed by atoms with Gasteiger partial charge in [-0.05, 0) is 24.3 Å². The van der Waals surface area contributed by atoms with Crippen LogP contribution in [0.3, 0.4) is 0 Å². The van der Waals surface area contributed by atoms with Crippen LogP contribution in [0.4, 0.5) is 18.9 Å². The van der Waals surface area contributed by atoms with Gasteiger partial charge in [-0.15, -0.1) is 0 Å². The highest BCUT2D eigenvalue weighted by Crippen LogP contribution is 2.35. The van der Waals surface area contributed by atoms with E-state index >= 15 is 0 Å². The Morgan fingerprint density at radius 1 is 0.862 bits per heavy atom. The van der Waals surface area contributed by atoms with Crippen molar-refractivity contribution in [3.8, 4) is 0 Å². The van der Waals surface area contributed by atoms with Crippen molar-refractivity contribution < 1.29 is 21.6 Å². The molecule has 1 fully saturated rings. The molecule has 0 bridgehead atoms. The van der Waals surface area contributed by atoms with Crippen molar-refractivity contribution in [1.29, 1.82) is 0 Å². The Hall–Kier alpha value is -2.65. The smallest absolute Gasteiger partial charge is 0.368 e. The maximum Gasteiger partial charge on any atom is 0.433 e. The van der Waals surface area contributed by atoms with Crippen LogP contribution in [0.2, 0.25) is 0 Å². The predicted octanol–water partition coefficient (Wildman–Crippen LogP) is 3.76. The number of sulfonamides is 1. The standard InChI is InChI=1S/C20H18F3N3O2S/c21-20(22,23)19-14-18(16-8-4-5-9-17(16)24-19)25-10-12-26(13-11-25)29(27,28)15-6-2-1-3-7-15/h1-9,14H,10-13H2. The molecule has 1 aliphatic heterocycles. The second-order valence-electron chi connectivity index (χ2n) is 6.75. The fourth-order valence-electron chi connectivity index (χ4n) is 3.47. The Balaban J connectivity index is 1.63. The van der Waals surface area contributed by atoms with Crippen molar-refractivity contribution >= 4 is 26.6 Å². The van der Waals surface area contributed by atoms with Crippen molar-refractivity contribution in [2.24, 2.45) is 0 Å². The second-order valence-corrected chi connectivity index (χ2v) is 8.68. The Kier molecular flexibility index (Phi) is 4.95. The lowest BCUT2D eigenvalue weighted by molar-refractivity contribution is -0.140. The van der Waals surface area contributed by atoms with Gasteiger partial charge in [0.1, 0.15) is 5.69 Å². The number of halogens is 3. The van der Waals surface area contributed by atoms with Gasteiger partial charge in [0.05, 0.1) is 10.4 Å². The quantitative estimate of drug-likeness (QED) is 0.646. The van der Waals surface area contributed by atoms with Crippen LogP contribution in [-0.4, -0.2) is 43.9 Å². The first kappa shape index (κ1) is 19.7. The molecule has 2 heterocycles. The molecule has 0 radical (unpaired) electrons. The molecule has 3 aromatic rings. The number of para-hydroxylation sites is 1. The van der Waals surface area contributed by atoms with Crippen LogP contribution < -0.4 is 4.90 Å². The number of hydrogen-bond donors (Lipinski definition) is 0. The zero-order valence-corrected chi connectivity index (χ0v) is 16.1. The molecule has 0 spiro atoms. The monoisotopic (exact) mass is 421 g/mol. The number of aromatic nitrogens is 1. The number of benzene rings is 2. The van der Waals surface area contributed by atoms with E-state index < -0.39 is 21.9 Å². The summed E-state index contributed by atoms with van der Waals surface area (Å²) in [6, 6.07) is 15.8. The zero-order chi connectivity index (χ0) is 20.6. The van der Waals surface area contributed by atoms with Crippen molar-refractivity contribution in [1.82, 2.24) is 9.29 Å². The largest absolute Gasteiger partial charge is 0.433 e. The first-order chi connectivity index (χ1) is 13.8. The summed E-state index contributed by atoms with van der Waals surface area (Å²) in [6.07, 6.45) is -4.56. The minimum atomic E-state index is -4.56. The fraction of sp³-hybridized carbons (Fsp3) is 0.250. The first-order valence-electron chi connectivity index (χ1n) is 9.04. The molecule has 2 aromatic carbocycles. The first-order valence-corrected chi connectivity index (χ1v) is 10.5. The van der Waals surface area contributed by atoms with Gasteiger partial charge in [-0.1, -0.05) is 36.4 Å². The summed E-state index contributed by atoms with van der Waals surface area (Å²) < 4.78 is 66.8. The summed E-state index contributed by atoms with van der Waals surface area (Å²) in [5.74, 6) is 0. The highest BCUT2D eigenvalue weighted by molar-refractivity contribution is 7.89. The van der Waals surface area contributed by atoms with Gasteiger partial charge < -0.3 is 4.90 Å². The van der Waals surface area contributed by atoms with E-state index in [0.717, 1.165) is 6.07 Å². The van der Waals surface area contributed by atoms with Gasteiger partial charge in [-0.3, -0.25) is 0 Å². The molecule has 29 heavy (non-hydrogen) atoms. The number of hydrogen-bond acceptors (Lipinski definition) is 4. The van der Waals surface area contributed by atoms with Gasteiger partial charge in [0.25, 0.3) is 0 Å². The molecule has 1 aliphatic rings. The van der Waals surface area contributed by atoms with Crippen molar-refractivity contribution in [2.75, 3.05) is 31.1 Å². The van der Waals surface area contributed by atoms with E-state index in [9.17, 15) is 21.6 Å². The molecule has 5 nitrogen and oxygen atoms in total. The van der Waals surface area contributed by atoms with Crippen LogP contribution in [0.1, 0.15) is 5.69 Å². The third kappa shape index (κ3) is 3.79. The lowest BCUT2D eigenvalue weighted by Gasteiger charge is -2.36. The summed E-state index contributed by atoms with van der Waals surface area (Å²) in [6.45, 7) is 0.958. The van der Waals surface area contributed by atoms with E-state index in [2.05, 4.69) is 4.98 Å². The third-order valence-corrected chi connectivity index (χ3v) is 6.86. The van der Waals surface area contributed by atoms with Gasteiger partial charge >= 0.3 is 6.18 Å². The van der Waals surface area contributed by atoms with Crippen LogP contribution in [0.25, 0.3) is 10.9 Å². The van der Waals surface area contributed by atoms with E-state index in [-0.39, 0.29) is 36.6 Å². The lowest BCUT2D eigenvalue weighted by atomic mass is 10.1. The van der Waals surface area contributed by atoms with Crippen molar-refractivity contribution in [2.45, 2.75) is 11.1 Å². The molecule has 0 atom stereocenters. The molecule has 0 unspecified atom stereocenters. The van der Waals surface area contributed by atoms with Crippen molar-refractivity contribution in [3.05, 3.63) is 66.4 Å². The molecule has 0 saturated carbocycles. The van der Waals surface area contributed by atoms with Gasteiger partial charge in [0, 0.05) is 37.3 Å². The molecular weight excluding hydrogens is 403 g/mol. The molecule has 0 N–H and O–H groups in total. The number of fused-ring (bicyclic) bond motifs is 1. The van der Waals surface area contributed by atoms with Gasteiger partial charge in [0.15, 0.2) is 0 Å². The highest BCUT2D eigenvalue weighted by atomic mass is 32.2. The molecule has 0 aliphatic carbocycles. The summed E-state index contributed by atoms with van der Waals surface area (Å²) in [5, 5.41) is 0.611. The molecule has 4 rings (SSSR count). The highest BCUT2D eigenvalue weighted by Gasteiger charge is 2.35. The molecule has 9 heteroatoms. The maximum absolute atomic E-state index is 13.3. The van der Waals surface area contributed by atoms with E-state index in [1.165, 1.54) is 16.4 Å². The number of nitrogens with zero attached hydrogens (tertiary/aromatic N) is 3. The predicted molar refractivity (Wildman–Crippen MR) is 104 cm³/mol. The van der Waals surface area contributed by atoms with E-state index in [0.29, 0.717) is 11.1 Å². The molecular formula is C20H18F3N3O2S. The number of alkyl halides is 3. The maximum atomic E-state index is 13.3. The minimum absolute atomic E-state index is 0.190. The second kappa shape index (κ2) is 7.31. The molecule has 1 saturated heterocycles. The van der Waals surface area contributed by atoms with Crippen LogP contribution in [0.5, 0.6) is 0 Å². The average molecular weight is 421 g/mol. The molecule has 152 valence electrons. The van der Waals surface area contributed by atoms with Crippen LogP contribution in [0.15, 0.2) is 65.6 Å². The van der Waals surface area contributed by atoms with Crippen LogP contribution >= 0.6 is 0 Å². The number of rotatable bonds is 3. The molecule has 1 aromatic heterocycles. The lowest BCUT2D eigenvalue weighted by Crippen LogP contribution is -2.48. The van der Waals surface area contributed by atoms with E-state index in [1.807, 2.05) is 0 Å². The summed E-state index contributed by atoms with van der Waals surface area (Å²) in [7, 11) is -3.63. The number of pyridine rings is 1. The van der Waals surface area contributed by atoms with Crippen LogP contribution in [-0.2, 0) is 16.2 Å².